The standard InChI is InChI=1S/C15H21N3O4/c1-11(19)22-15(2,3)14(20)18-8-4-5-12(10-18)21-13-9-16-6-7-17-13/h6-7,9,12H,4-5,8,10H2,1-3H3. The molecule has 7 nitrogen and oxygen atoms in total. The van der Waals surface area contributed by atoms with Crippen molar-refractivity contribution < 1.29 is 19.1 Å². The molecule has 2 rings (SSSR count). The molecule has 1 aliphatic heterocycles. The van der Waals surface area contributed by atoms with E-state index in [0.717, 1.165) is 12.8 Å². The molecule has 0 N–H and O–H groups in total. The van der Waals surface area contributed by atoms with Gasteiger partial charge in [0, 0.05) is 25.9 Å². The van der Waals surface area contributed by atoms with E-state index in [-0.39, 0.29) is 12.0 Å². The van der Waals surface area contributed by atoms with Crippen LogP contribution in [0.5, 0.6) is 5.88 Å². The summed E-state index contributed by atoms with van der Waals surface area (Å²) in [4.78, 5) is 33.3. The summed E-state index contributed by atoms with van der Waals surface area (Å²) in [5.74, 6) is -0.237. The topological polar surface area (TPSA) is 81.6 Å². The zero-order valence-electron chi connectivity index (χ0n) is 13.1. The summed E-state index contributed by atoms with van der Waals surface area (Å²) in [7, 11) is 0. The van der Waals surface area contributed by atoms with Gasteiger partial charge in [-0.15, -0.1) is 0 Å². The van der Waals surface area contributed by atoms with Crippen LogP contribution in [0.2, 0.25) is 0 Å². The minimum Gasteiger partial charge on any atom is -0.471 e. The van der Waals surface area contributed by atoms with Crippen molar-refractivity contribution >= 4 is 11.9 Å². The van der Waals surface area contributed by atoms with Crippen LogP contribution < -0.4 is 4.74 Å². The third-order valence-corrected chi connectivity index (χ3v) is 3.41. The van der Waals surface area contributed by atoms with E-state index >= 15 is 0 Å². The van der Waals surface area contributed by atoms with Crippen molar-refractivity contribution in [2.24, 2.45) is 0 Å². The van der Waals surface area contributed by atoms with E-state index in [4.69, 9.17) is 9.47 Å². The lowest BCUT2D eigenvalue weighted by Gasteiger charge is -2.36. The molecule has 120 valence electrons. The van der Waals surface area contributed by atoms with Crippen molar-refractivity contribution in [1.29, 1.82) is 0 Å². The summed E-state index contributed by atoms with van der Waals surface area (Å²) < 4.78 is 10.9. The van der Waals surface area contributed by atoms with E-state index in [0.29, 0.717) is 19.0 Å². The lowest BCUT2D eigenvalue weighted by molar-refractivity contribution is -0.169. The minimum atomic E-state index is -1.17. The Bertz CT molecular complexity index is 533. The number of piperidine rings is 1. The van der Waals surface area contributed by atoms with Crippen LogP contribution >= 0.6 is 0 Å². The van der Waals surface area contributed by atoms with Gasteiger partial charge in [0.25, 0.3) is 5.91 Å². The van der Waals surface area contributed by atoms with E-state index in [2.05, 4.69) is 9.97 Å². The maximum absolute atomic E-state index is 12.5. The number of hydrogen-bond donors (Lipinski definition) is 0. The summed E-state index contributed by atoms with van der Waals surface area (Å²) in [6.45, 7) is 5.57. The maximum atomic E-state index is 12.5. The molecule has 1 aromatic heterocycles. The Balaban J connectivity index is 1.98. The molecule has 22 heavy (non-hydrogen) atoms. The van der Waals surface area contributed by atoms with Crippen LogP contribution in [0, 0.1) is 0 Å². The van der Waals surface area contributed by atoms with Crippen LogP contribution in [-0.4, -0.2) is 51.5 Å². The number of amides is 1. The van der Waals surface area contributed by atoms with E-state index in [1.807, 2.05) is 0 Å². The average Bonchev–Trinajstić information content (AvgIpc) is 2.46. The molecule has 1 amide bonds. The van der Waals surface area contributed by atoms with Gasteiger partial charge in [0.1, 0.15) is 6.10 Å². The molecule has 7 heteroatoms. The zero-order chi connectivity index (χ0) is 16.2. The van der Waals surface area contributed by atoms with Gasteiger partial charge in [0.15, 0.2) is 5.60 Å². The molecule has 0 bridgehead atoms. The molecule has 2 heterocycles. The Morgan fingerprint density at radius 3 is 2.77 bits per heavy atom. The number of nitrogens with zero attached hydrogens (tertiary/aromatic N) is 3. The summed E-state index contributed by atoms with van der Waals surface area (Å²) in [6.07, 6.45) is 6.21. The predicted octanol–water partition coefficient (Wildman–Crippen LogP) is 1.19. The second-order valence-electron chi connectivity index (χ2n) is 5.78. The van der Waals surface area contributed by atoms with Gasteiger partial charge in [-0.2, -0.15) is 0 Å². The fourth-order valence-corrected chi connectivity index (χ4v) is 2.52. The highest BCUT2D eigenvalue weighted by Crippen LogP contribution is 2.20. The van der Waals surface area contributed by atoms with Crippen molar-refractivity contribution in [2.45, 2.75) is 45.3 Å². The SMILES string of the molecule is CC(=O)OC(C)(C)C(=O)N1CCCC(Oc2cnccn2)C1. The van der Waals surface area contributed by atoms with Crippen LogP contribution in [-0.2, 0) is 14.3 Å². The molecular weight excluding hydrogens is 286 g/mol. The first-order chi connectivity index (χ1) is 10.4. The zero-order valence-corrected chi connectivity index (χ0v) is 13.1. The van der Waals surface area contributed by atoms with Crippen LogP contribution in [0.15, 0.2) is 18.6 Å². The largest absolute Gasteiger partial charge is 0.471 e. The molecule has 0 saturated carbocycles. The number of ether oxygens (including phenoxy) is 2. The number of rotatable bonds is 4. The van der Waals surface area contributed by atoms with E-state index in [9.17, 15) is 9.59 Å². The summed E-state index contributed by atoms with van der Waals surface area (Å²) in [5, 5.41) is 0. The van der Waals surface area contributed by atoms with Gasteiger partial charge in [-0.25, -0.2) is 4.98 Å². The first kappa shape index (κ1) is 16.2. The van der Waals surface area contributed by atoms with Crippen molar-refractivity contribution in [1.82, 2.24) is 14.9 Å². The van der Waals surface area contributed by atoms with Gasteiger partial charge in [-0.1, -0.05) is 0 Å². The Morgan fingerprint density at radius 2 is 2.14 bits per heavy atom. The molecule has 1 saturated heterocycles. The van der Waals surface area contributed by atoms with Gasteiger partial charge in [-0.3, -0.25) is 14.6 Å². The van der Waals surface area contributed by atoms with Crippen molar-refractivity contribution in [2.75, 3.05) is 13.1 Å². The third-order valence-electron chi connectivity index (χ3n) is 3.41. The number of aromatic nitrogens is 2. The second kappa shape index (κ2) is 6.72. The monoisotopic (exact) mass is 307 g/mol. The van der Waals surface area contributed by atoms with E-state index < -0.39 is 11.6 Å². The molecule has 1 fully saturated rings. The highest BCUT2D eigenvalue weighted by atomic mass is 16.6. The second-order valence-corrected chi connectivity index (χ2v) is 5.78. The van der Waals surface area contributed by atoms with Gasteiger partial charge >= 0.3 is 5.97 Å². The molecule has 0 aliphatic carbocycles. The quantitative estimate of drug-likeness (QED) is 0.777. The van der Waals surface area contributed by atoms with Crippen LogP contribution in [0.4, 0.5) is 0 Å². The lowest BCUT2D eigenvalue weighted by Crippen LogP contribution is -2.53. The third kappa shape index (κ3) is 4.16. The predicted molar refractivity (Wildman–Crippen MR) is 78.1 cm³/mol. The molecule has 1 unspecified atom stereocenters. The number of carbonyl (C=O) groups is 2. The summed E-state index contributed by atoms with van der Waals surface area (Å²) in [5.41, 5.74) is -1.17. The Labute approximate surface area is 129 Å². The van der Waals surface area contributed by atoms with Crippen molar-refractivity contribution in [3.05, 3.63) is 18.6 Å². The maximum Gasteiger partial charge on any atom is 0.303 e. The highest BCUT2D eigenvalue weighted by Gasteiger charge is 2.37. The van der Waals surface area contributed by atoms with Gasteiger partial charge < -0.3 is 14.4 Å². The van der Waals surface area contributed by atoms with Gasteiger partial charge in [0.05, 0.1) is 12.7 Å². The molecule has 0 spiro atoms. The van der Waals surface area contributed by atoms with E-state index in [1.54, 1.807) is 37.3 Å². The lowest BCUT2D eigenvalue weighted by atomic mass is 10.0. The molecule has 1 atom stereocenters. The number of esters is 1. The number of likely N-dealkylation sites (tertiary alicyclic amines) is 1. The first-order valence-corrected chi connectivity index (χ1v) is 7.30. The molecule has 0 radical (unpaired) electrons. The van der Waals surface area contributed by atoms with E-state index in [1.165, 1.54) is 6.92 Å². The summed E-state index contributed by atoms with van der Waals surface area (Å²) in [6, 6.07) is 0. The Morgan fingerprint density at radius 1 is 1.36 bits per heavy atom. The number of hydrogen-bond acceptors (Lipinski definition) is 6. The summed E-state index contributed by atoms with van der Waals surface area (Å²) >= 11 is 0. The van der Waals surface area contributed by atoms with Crippen molar-refractivity contribution in [3.63, 3.8) is 0 Å². The van der Waals surface area contributed by atoms with Gasteiger partial charge in [-0.05, 0) is 26.7 Å². The number of carbonyl (C=O) groups excluding carboxylic acids is 2. The molecule has 1 aromatic rings. The molecular formula is C15H21N3O4. The smallest absolute Gasteiger partial charge is 0.303 e. The Hall–Kier alpha value is -2.18. The van der Waals surface area contributed by atoms with Crippen LogP contribution in [0.3, 0.4) is 0 Å². The highest BCUT2D eigenvalue weighted by molar-refractivity contribution is 5.86. The van der Waals surface area contributed by atoms with Crippen molar-refractivity contribution in [3.8, 4) is 5.88 Å². The Kier molecular flexibility index (Phi) is 4.95. The van der Waals surface area contributed by atoms with Gasteiger partial charge in [0.2, 0.25) is 5.88 Å². The first-order valence-electron chi connectivity index (χ1n) is 7.30. The normalized spacial score (nSPS) is 18.7. The van der Waals surface area contributed by atoms with Crippen LogP contribution in [0.25, 0.3) is 0 Å². The minimum absolute atomic E-state index is 0.137. The fourth-order valence-electron chi connectivity index (χ4n) is 2.52. The fraction of sp³-hybridized carbons (Fsp3) is 0.600. The molecule has 1 aliphatic rings. The average molecular weight is 307 g/mol. The molecule has 0 aromatic carbocycles. The van der Waals surface area contributed by atoms with Crippen LogP contribution in [0.1, 0.15) is 33.6 Å².